The first-order valence-electron chi connectivity index (χ1n) is 5.70. The highest BCUT2D eigenvalue weighted by atomic mass is 79.9. The molecule has 1 atom stereocenters. The van der Waals surface area contributed by atoms with Crippen LogP contribution in [0.25, 0.3) is 0 Å². The minimum absolute atomic E-state index is 0.00775. The van der Waals surface area contributed by atoms with E-state index < -0.39 is 22.0 Å². The van der Waals surface area contributed by atoms with Crippen molar-refractivity contribution in [2.24, 2.45) is 0 Å². The summed E-state index contributed by atoms with van der Waals surface area (Å²) < 4.78 is 27.1. The number of aromatic nitrogens is 1. The third kappa shape index (κ3) is 5.25. The Kier molecular flexibility index (Phi) is 5.89. The molecule has 1 aromatic rings. The van der Waals surface area contributed by atoms with Crippen molar-refractivity contribution in [2.75, 3.05) is 0 Å². The van der Waals surface area contributed by atoms with Crippen LogP contribution in [0, 0.1) is 0 Å². The van der Waals surface area contributed by atoms with E-state index in [0.29, 0.717) is 17.3 Å². The van der Waals surface area contributed by atoms with Crippen LogP contribution in [0.15, 0.2) is 27.8 Å². The lowest BCUT2D eigenvalue weighted by Crippen LogP contribution is -2.36. The number of carbonyl (C=O) groups is 1. The van der Waals surface area contributed by atoms with Gasteiger partial charge in [0.2, 0.25) is 10.0 Å². The fraction of sp³-hybridized carbons (Fsp3) is 0.455. The van der Waals surface area contributed by atoms with Crippen LogP contribution in [0.5, 0.6) is 0 Å². The van der Waals surface area contributed by atoms with Crippen LogP contribution in [-0.2, 0) is 14.8 Å². The van der Waals surface area contributed by atoms with Gasteiger partial charge in [-0.05, 0) is 28.4 Å². The monoisotopic (exact) mass is 350 g/mol. The van der Waals surface area contributed by atoms with Gasteiger partial charge >= 0.3 is 5.97 Å². The molecule has 19 heavy (non-hydrogen) atoms. The van der Waals surface area contributed by atoms with Gasteiger partial charge in [-0.15, -0.1) is 0 Å². The Bertz CT molecular complexity index is 547. The molecular formula is C11H15BrN2O4S. The SMILES string of the molecule is CCCC(CC(=O)O)NS(=O)(=O)c1cncc(Br)c1. The van der Waals surface area contributed by atoms with Crippen molar-refractivity contribution in [1.29, 1.82) is 0 Å². The molecule has 0 amide bonds. The van der Waals surface area contributed by atoms with Gasteiger partial charge in [0, 0.05) is 22.9 Å². The molecule has 0 aliphatic heterocycles. The summed E-state index contributed by atoms with van der Waals surface area (Å²) in [5.74, 6) is -1.03. The molecule has 1 rings (SSSR count). The van der Waals surface area contributed by atoms with Gasteiger partial charge in [-0.25, -0.2) is 13.1 Å². The van der Waals surface area contributed by atoms with Crippen molar-refractivity contribution in [2.45, 2.75) is 37.1 Å². The van der Waals surface area contributed by atoms with Crippen LogP contribution in [0.3, 0.4) is 0 Å². The molecule has 6 nitrogen and oxygen atoms in total. The summed E-state index contributed by atoms with van der Waals surface area (Å²) in [5.41, 5.74) is 0. The molecule has 2 N–H and O–H groups in total. The third-order valence-electron chi connectivity index (χ3n) is 2.37. The molecule has 0 saturated heterocycles. The Hall–Kier alpha value is -0.990. The van der Waals surface area contributed by atoms with E-state index in [-0.39, 0.29) is 11.3 Å². The van der Waals surface area contributed by atoms with Gasteiger partial charge in [0.25, 0.3) is 0 Å². The molecule has 0 aliphatic carbocycles. The maximum absolute atomic E-state index is 12.1. The van der Waals surface area contributed by atoms with Gasteiger partial charge in [0.05, 0.1) is 6.42 Å². The van der Waals surface area contributed by atoms with E-state index in [4.69, 9.17) is 5.11 Å². The molecule has 106 valence electrons. The molecule has 0 aromatic carbocycles. The molecule has 0 saturated carbocycles. The molecule has 1 heterocycles. The smallest absolute Gasteiger partial charge is 0.304 e. The van der Waals surface area contributed by atoms with Gasteiger partial charge in [0.15, 0.2) is 0 Å². The van der Waals surface area contributed by atoms with Crippen molar-refractivity contribution in [3.8, 4) is 0 Å². The van der Waals surface area contributed by atoms with Crippen molar-refractivity contribution in [3.05, 3.63) is 22.9 Å². The highest BCUT2D eigenvalue weighted by molar-refractivity contribution is 9.10. The number of pyridine rings is 1. The largest absolute Gasteiger partial charge is 0.481 e. The van der Waals surface area contributed by atoms with Crippen LogP contribution >= 0.6 is 15.9 Å². The number of aliphatic carboxylic acids is 1. The Labute approximate surface area is 120 Å². The predicted octanol–water partition coefficient (Wildman–Crippen LogP) is 1.77. The fourth-order valence-corrected chi connectivity index (χ4v) is 3.36. The molecule has 0 fully saturated rings. The Morgan fingerprint density at radius 3 is 2.74 bits per heavy atom. The number of nitrogens with zero attached hydrogens (tertiary/aromatic N) is 1. The van der Waals surface area contributed by atoms with Gasteiger partial charge < -0.3 is 5.11 Å². The molecule has 0 radical (unpaired) electrons. The summed E-state index contributed by atoms with van der Waals surface area (Å²) in [6, 6.07) is 0.797. The zero-order valence-corrected chi connectivity index (χ0v) is 12.7. The van der Waals surface area contributed by atoms with Gasteiger partial charge in [-0.3, -0.25) is 9.78 Å². The second-order valence-corrected chi connectivity index (χ2v) is 6.67. The van der Waals surface area contributed by atoms with Crippen LogP contribution < -0.4 is 4.72 Å². The number of hydrogen-bond donors (Lipinski definition) is 2. The summed E-state index contributed by atoms with van der Waals surface area (Å²) in [4.78, 5) is 14.5. The summed E-state index contributed by atoms with van der Waals surface area (Å²) in [6.07, 6.45) is 3.61. The van der Waals surface area contributed by atoms with E-state index in [2.05, 4.69) is 25.6 Å². The summed E-state index contributed by atoms with van der Waals surface area (Å²) in [5, 5.41) is 8.77. The Balaban J connectivity index is 2.90. The van der Waals surface area contributed by atoms with Gasteiger partial charge in [-0.1, -0.05) is 13.3 Å². The van der Waals surface area contributed by atoms with Crippen molar-refractivity contribution in [3.63, 3.8) is 0 Å². The maximum atomic E-state index is 12.1. The lowest BCUT2D eigenvalue weighted by molar-refractivity contribution is -0.137. The average Bonchev–Trinajstić information content (AvgIpc) is 2.27. The van der Waals surface area contributed by atoms with E-state index in [9.17, 15) is 13.2 Å². The Morgan fingerprint density at radius 1 is 1.53 bits per heavy atom. The first-order valence-corrected chi connectivity index (χ1v) is 7.97. The quantitative estimate of drug-likeness (QED) is 0.780. The molecular weight excluding hydrogens is 336 g/mol. The molecule has 0 aliphatic rings. The Morgan fingerprint density at radius 2 is 2.21 bits per heavy atom. The number of carboxylic acid groups (broad SMARTS) is 1. The lowest BCUT2D eigenvalue weighted by atomic mass is 10.1. The average molecular weight is 351 g/mol. The van der Waals surface area contributed by atoms with Gasteiger partial charge in [-0.2, -0.15) is 0 Å². The minimum Gasteiger partial charge on any atom is -0.481 e. The highest BCUT2D eigenvalue weighted by Gasteiger charge is 2.22. The van der Waals surface area contributed by atoms with E-state index in [0.717, 1.165) is 0 Å². The minimum atomic E-state index is -3.76. The fourth-order valence-electron chi connectivity index (χ4n) is 1.59. The normalized spacial score (nSPS) is 13.2. The van der Waals surface area contributed by atoms with Crippen molar-refractivity contribution in [1.82, 2.24) is 9.71 Å². The molecule has 1 unspecified atom stereocenters. The number of carboxylic acids is 1. The summed E-state index contributed by atoms with van der Waals surface area (Å²) >= 11 is 3.14. The highest BCUT2D eigenvalue weighted by Crippen LogP contribution is 2.15. The number of sulfonamides is 1. The first-order chi connectivity index (χ1) is 8.85. The number of rotatable bonds is 7. The number of hydrogen-bond acceptors (Lipinski definition) is 4. The third-order valence-corrected chi connectivity index (χ3v) is 4.29. The van der Waals surface area contributed by atoms with E-state index in [1.165, 1.54) is 18.5 Å². The zero-order chi connectivity index (χ0) is 14.5. The van der Waals surface area contributed by atoms with Crippen molar-refractivity contribution < 1.29 is 18.3 Å². The number of nitrogens with one attached hydrogen (secondary N) is 1. The maximum Gasteiger partial charge on any atom is 0.304 e. The summed E-state index contributed by atoms with van der Waals surface area (Å²) in [7, 11) is -3.76. The van der Waals surface area contributed by atoms with E-state index >= 15 is 0 Å². The predicted molar refractivity (Wildman–Crippen MR) is 73.2 cm³/mol. The second-order valence-electron chi connectivity index (χ2n) is 4.04. The first kappa shape index (κ1) is 16.1. The van der Waals surface area contributed by atoms with Crippen LogP contribution in [0.2, 0.25) is 0 Å². The zero-order valence-electron chi connectivity index (χ0n) is 10.3. The van der Waals surface area contributed by atoms with E-state index in [1.807, 2.05) is 6.92 Å². The molecule has 0 bridgehead atoms. The van der Waals surface area contributed by atoms with Crippen molar-refractivity contribution >= 4 is 31.9 Å². The molecule has 1 aromatic heterocycles. The molecule has 8 heteroatoms. The van der Waals surface area contributed by atoms with Crippen LogP contribution in [0.4, 0.5) is 0 Å². The lowest BCUT2D eigenvalue weighted by Gasteiger charge is -2.16. The standard InChI is InChI=1S/C11H15BrN2O4S/c1-2-3-9(5-11(15)16)14-19(17,18)10-4-8(12)6-13-7-10/h4,6-7,9,14H,2-3,5H2,1H3,(H,15,16). The van der Waals surface area contributed by atoms with Gasteiger partial charge in [0.1, 0.15) is 4.90 Å². The molecule has 0 spiro atoms. The van der Waals surface area contributed by atoms with E-state index in [1.54, 1.807) is 0 Å². The van der Waals surface area contributed by atoms with Crippen LogP contribution in [0.1, 0.15) is 26.2 Å². The topological polar surface area (TPSA) is 96.4 Å². The summed E-state index contributed by atoms with van der Waals surface area (Å²) in [6.45, 7) is 1.86. The van der Waals surface area contributed by atoms with Crippen LogP contribution in [-0.4, -0.2) is 30.5 Å². The number of halogens is 1. The second kappa shape index (κ2) is 6.97.